The average molecular weight is 351 g/mol. The molecule has 1 aromatic rings. The van der Waals surface area contributed by atoms with Crippen LogP contribution in [0.15, 0.2) is 54.1 Å². The molecule has 2 atom stereocenters. The van der Waals surface area contributed by atoms with Gasteiger partial charge in [-0.05, 0) is 56.1 Å². The van der Waals surface area contributed by atoms with Gasteiger partial charge in [-0.25, -0.2) is 0 Å². The van der Waals surface area contributed by atoms with Crippen LogP contribution in [0.2, 0.25) is 0 Å². The third-order valence-electron chi connectivity index (χ3n) is 6.02. The van der Waals surface area contributed by atoms with Gasteiger partial charge in [-0.1, -0.05) is 48.6 Å². The fraction of sp³-hybridized carbons (Fsp3) is 0.522. The second kappa shape index (κ2) is 7.40. The Kier molecular flexibility index (Phi) is 4.99. The summed E-state index contributed by atoms with van der Waals surface area (Å²) in [7, 11) is 0. The molecular formula is C23H29NO2. The third kappa shape index (κ3) is 3.37. The first-order valence-corrected chi connectivity index (χ1v) is 10.0. The van der Waals surface area contributed by atoms with Crippen molar-refractivity contribution in [1.29, 1.82) is 0 Å². The molecule has 2 aliphatic carbocycles. The van der Waals surface area contributed by atoms with Gasteiger partial charge in [-0.2, -0.15) is 0 Å². The third-order valence-corrected chi connectivity index (χ3v) is 6.02. The number of rotatable bonds is 7. The van der Waals surface area contributed by atoms with E-state index in [9.17, 15) is 4.79 Å². The monoisotopic (exact) mass is 351 g/mol. The average Bonchev–Trinajstić information content (AvgIpc) is 3.41. The van der Waals surface area contributed by atoms with Gasteiger partial charge in [0.05, 0.1) is 12.1 Å². The van der Waals surface area contributed by atoms with Crippen molar-refractivity contribution in [2.24, 2.45) is 5.92 Å². The van der Waals surface area contributed by atoms with E-state index in [0.29, 0.717) is 12.3 Å². The van der Waals surface area contributed by atoms with Crippen LogP contribution in [0.3, 0.4) is 0 Å². The van der Waals surface area contributed by atoms with Crippen LogP contribution >= 0.6 is 0 Å². The van der Waals surface area contributed by atoms with Gasteiger partial charge in [0.15, 0.2) is 0 Å². The number of benzene rings is 1. The molecule has 1 aromatic carbocycles. The van der Waals surface area contributed by atoms with Crippen LogP contribution in [0.25, 0.3) is 0 Å². The van der Waals surface area contributed by atoms with E-state index < -0.39 is 5.54 Å². The van der Waals surface area contributed by atoms with Gasteiger partial charge < -0.3 is 9.64 Å². The van der Waals surface area contributed by atoms with Gasteiger partial charge in [-0.3, -0.25) is 4.79 Å². The lowest BCUT2D eigenvalue weighted by molar-refractivity contribution is -0.138. The SMILES string of the molecule is C[C@@](C1=CCCC=C1)([C@@H](OCC1CC1)c1ccccc1)N1CCCC1=O. The highest BCUT2D eigenvalue weighted by Crippen LogP contribution is 2.44. The smallest absolute Gasteiger partial charge is 0.223 e. The van der Waals surface area contributed by atoms with Gasteiger partial charge in [-0.15, -0.1) is 0 Å². The van der Waals surface area contributed by atoms with Crippen molar-refractivity contribution in [2.75, 3.05) is 13.2 Å². The highest BCUT2D eigenvalue weighted by Gasteiger charge is 2.47. The van der Waals surface area contributed by atoms with Crippen molar-refractivity contribution >= 4 is 5.91 Å². The van der Waals surface area contributed by atoms with E-state index in [-0.39, 0.29) is 12.0 Å². The standard InChI is InChI=1S/C23H29NO2/c1-23(20-11-6-3-7-12-20,24-16-8-13-21(24)25)22(26-17-18-14-15-18)19-9-4-2-5-10-19/h2,4-6,9-12,18,22H,3,7-8,13-17H2,1H3/t22-,23+/m0/s1. The van der Waals surface area contributed by atoms with Crippen LogP contribution in [0.5, 0.6) is 0 Å². The van der Waals surface area contributed by atoms with Gasteiger partial charge in [0.1, 0.15) is 6.10 Å². The molecule has 3 nitrogen and oxygen atoms in total. The molecule has 138 valence electrons. The zero-order valence-electron chi connectivity index (χ0n) is 15.7. The number of amides is 1. The Balaban J connectivity index is 1.75. The first-order chi connectivity index (χ1) is 12.7. The van der Waals surface area contributed by atoms with E-state index in [4.69, 9.17) is 4.74 Å². The summed E-state index contributed by atoms with van der Waals surface area (Å²) in [6.45, 7) is 3.81. The molecule has 3 aliphatic rings. The summed E-state index contributed by atoms with van der Waals surface area (Å²) in [6, 6.07) is 10.5. The van der Waals surface area contributed by atoms with E-state index in [1.165, 1.54) is 18.4 Å². The van der Waals surface area contributed by atoms with Crippen molar-refractivity contribution in [3.8, 4) is 0 Å². The molecule has 1 amide bonds. The zero-order valence-corrected chi connectivity index (χ0v) is 15.7. The summed E-state index contributed by atoms with van der Waals surface area (Å²) in [5.41, 5.74) is 1.93. The summed E-state index contributed by atoms with van der Waals surface area (Å²) in [4.78, 5) is 14.9. The molecule has 1 saturated heterocycles. The summed E-state index contributed by atoms with van der Waals surface area (Å²) in [5, 5.41) is 0. The second-order valence-electron chi connectivity index (χ2n) is 8.00. The van der Waals surface area contributed by atoms with E-state index in [1.54, 1.807) is 0 Å². The quantitative estimate of drug-likeness (QED) is 0.705. The Hall–Kier alpha value is -1.87. The van der Waals surface area contributed by atoms with Gasteiger partial charge in [0.2, 0.25) is 5.91 Å². The lowest BCUT2D eigenvalue weighted by Gasteiger charge is -2.46. The molecule has 1 heterocycles. The molecule has 2 fully saturated rings. The first kappa shape index (κ1) is 17.5. The minimum absolute atomic E-state index is 0.139. The predicted molar refractivity (Wildman–Crippen MR) is 104 cm³/mol. The number of allylic oxidation sites excluding steroid dienone is 2. The fourth-order valence-corrected chi connectivity index (χ4v) is 4.30. The Morgan fingerprint density at radius 3 is 2.65 bits per heavy atom. The van der Waals surface area contributed by atoms with Crippen LogP contribution in [0.4, 0.5) is 0 Å². The number of nitrogens with zero attached hydrogens (tertiary/aromatic N) is 1. The van der Waals surface area contributed by atoms with Crippen molar-refractivity contribution in [1.82, 2.24) is 4.90 Å². The van der Waals surface area contributed by atoms with E-state index in [0.717, 1.165) is 38.0 Å². The molecular weight excluding hydrogens is 322 g/mol. The molecule has 0 bridgehead atoms. The highest BCUT2D eigenvalue weighted by atomic mass is 16.5. The Morgan fingerprint density at radius 1 is 1.23 bits per heavy atom. The number of carbonyl (C=O) groups is 1. The summed E-state index contributed by atoms with van der Waals surface area (Å²) < 4.78 is 6.56. The Bertz CT molecular complexity index is 704. The molecule has 0 N–H and O–H groups in total. The molecule has 4 rings (SSSR count). The summed E-state index contributed by atoms with van der Waals surface area (Å²) in [5.74, 6) is 0.943. The van der Waals surface area contributed by atoms with E-state index in [2.05, 4.69) is 54.3 Å². The Labute approximate surface area is 156 Å². The summed E-state index contributed by atoms with van der Waals surface area (Å²) >= 11 is 0. The molecule has 1 saturated carbocycles. The number of carbonyl (C=O) groups excluding carboxylic acids is 1. The van der Waals surface area contributed by atoms with Crippen LogP contribution < -0.4 is 0 Å². The number of likely N-dealkylation sites (tertiary alicyclic amines) is 1. The van der Waals surface area contributed by atoms with Crippen LogP contribution in [0.1, 0.15) is 57.1 Å². The largest absolute Gasteiger partial charge is 0.370 e. The molecule has 1 aliphatic heterocycles. The van der Waals surface area contributed by atoms with Crippen molar-refractivity contribution in [3.63, 3.8) is 0 Å². The zero-order chi connectivity index (χ0) is 18.0. The molecule has 26 heavy (non-hydrogen) atoms. The Morgan fingerprint density at radius 2 is 2.04 bits per heavy atom. The molecule has 3 heteroatoms. The van der Waals surface area contributed by atoms with E-state index >= 15 is 0 Å². The maximum Gasteiger partial charge on any atom is 0.223 e. The number of ether oxygens (including phenoxy) is 1. The van der Waals surface area contributed by atoms with Crippen LogP contribution in [-0.2, 0) is 9.53 Å². The first-order valence-electron chi connectivity index (χ1n) is 10.0. The number of hydrogen-bond acceptors (Lipinski definition) is 2. The maximum absolute atomic E-state index is 12.8. The van der Waals surface area contributed by atoms with Gasteiger partial charge in [0.25, 0.3) is 0 Å². The lowest BCUT2D eigenvalue weighted by atomic mass is 9.78. The molecule has 0 spiro atoms. The summed E-state index contributed by atoms with van der Waals surface area (Å²) in [6.07, 6.45) is 12.9. The van der Waals surface area contributed by atoms with Crippen LogP contribution in [0, 0.1) is 5.92 Å². The highest BCUT2D eigenvalue weighted by molar-refractivity contribution is 5.80. The molecule has 0 aromatic heterocycles. The van der Waals surface area contributed by atoms with Crippen molar-refractivity contribution < 1.29 is 9.53 Å². The van der Waals surface area contributed by atoms with Gasteiger partial charge >= 0.3 is 0 Å². The second-order valence-corrected chi connectivity index (χ2v) is 8.00. The van der Waals surface area contributed by atoms with E-state index in [1.807, 2.05) is 6.07 Å². The minimum atomic E-state index is -0.458. The number of hydrogen-bond donors (Lipinski definition) is 0. The van der Waals surface area contributed by atoms with Gasteiger partial charge in [0, 0.05) is 13.0 Å². The lowest BCUT2D eigenvalue weighted by Crippen LogP contribution is -2.53. The fourth-order valence-electron chi connectivity index (χ4n) is 4.30. The molecule has 0 unspecified atom stereocenters. The molecule has 0 radical (unpaired) electrons. The predicted octanol–water partition coefficient (Wildman–Crippen LogP) is 4.81. The van der Waals surface area contributed by atoms with Crippen molar-refractivity contribution in [2.45, 2.75) is 57.1 Å². The maximum atomic E-state index is 12.8. The van der Waals surface area contributed by atoms with Crippen LogP contribution in [-0.4, -0.2) is 29.5 Å². The van der Waals surface area contributed by atoms with Crippen molar-refractivity contribution in [3.05, 3.63) is 59.7 Å². The normalized spacial score (nSPS) is 23.7. The minimum Gasteiger partial charge on any atom is -0.370 e. The topological polar surface area (TPSA) is 29.5 Å².